The molecule has 35 heavy (non-hydrogen) atoms. The Kier molecular flexibility index (Phi) is 9.12. The third-order valence-corrected chi connectivity index (χ3v) is 7.78. The Morgan fingerprint density at radius 2 is 1.77 bits per heavy atom. The van der Waals surface area contributed by atoms with Crippen molar-refractivity contribution in [3.05, 3.63) is 28.7 Å². The third kappa shape index (κ3) is 6.60. The molecule has 7 nitrogen and oxygen atoms in total. The maximum Gasteiger partial charge on any atom is 0.343 e. The molecule has 0 unspecified atom stereocenters. The molecule has 190 valence electrons. The van der Waals surface area contributed by atoms with Crippen LogP contribution in [-0.4, -0.2) is 54.4 Å². The zero-order valence-corrected chi connectivity index (χ0v) is 21.6. The largest absolute Gasteiger partial charge is 0.490 e. The summed E-state index contributed by atoms with van der Waals surface area (Å²) in [5.41, 5.74) is 0.845. The van der Waals surface area contributed by atoms with E-state index in [1.807, 2.05) is 30.0 Å². The summed E-state index contributed by atoms with van der Waals surface area (Å²) in [5.74, 6) is 0.592. The SMILES string of the molecule is CCOc1cc(C=C2SC(=NC3CCCCC3)N(C3CCCCC3)C2=O)ccc1OCC(=O)OC. The molecule has 8 heteroatoms. The summed E-state index contributed by atoms with van der Waals surface area (Å²) in [4.78, 5) is 32.8. The van der Waals surface area contributed by atoms with Gasteiger partial charge in [0, 0.05) is 6.04 Å². The van der Waals surface area contributed by atoms with Gasteiger partial charge in [-0.05, 0) is 68.1 Å². The van der Waals surface area contributed by atoms with Crippen LogP contribution in [0.3, 0.4) is 0 Å². The summed E-state index contributed by atoms with van der Waals surface area (Å²) >= 11 is 1.50. The van der Waals surface area contributed by atoms with E-state index in [1.165, 1.54) is 57.4 Å². The Balaban J connectivity index is 1.59. The van der Waals surface area contributed by atoms with Crippen LogP contribution in [0.5, 0.6) is 11.5 Å². The number of hydrogen-bond donors (Lipinski definition) is 0. The van der Waals surface area contributed by atoms with E-state index in [2.05, 4.69) is 4.74 Å². The number of nitrogens with zero attached hydrogens (tertiary/aromatic N) is 2. The van der Waals surface area contributed by atoms with Gasteiger partial charge in [0.25, 0.3) is 5.91 Å². The van der Waals surface area contributed by atoms with Gasteiger partial charge in [0.2, 0.25) is 0 Å². The average molecular weight is 501 g/mol. The molecule has 1 aliphatic heterocycles. The van der Waals surface area contributed by atoms with Crippen molar-refractivity contribution in [3.8, 4) is 11.5 Å². The minimum atomic E-state index is -0.459. The number of aliphatic imine (C=N–C) groups is 1. The van der Waals surface area contributed by atoms with Crippen molar-refractivity contribution in [1.82, 2.24) is 4.90 Å². The van der Waals surface area contributed by atoms with E-state index >= 15 is 0 Å². The number of benzene rings is 1. The summed E-state index contributed by atoms with van der Waals surface area (Å²) in [6.45, 7) is 2.15. The number of methoxy groups -OCH3 is 1. The number of carbonyl (C=O) groups is 2. The van der Waals surface area contributed by atoms with E-state index in [0.29, 0.717) is 29.1 Å². The third-order valence-electron chi connectivity index (χ3n) is 6.78. The van der Waals surface area contributed by atoms with Crippen LogP contribution in [0.2, 0.25) is 0 Å². The topological polar surface area (TPSA) is 77.4 Å². The van der Waals surface area contributed by atoms with E-state index in [0.717, 1.165) is 36.4 Å². The van der Waals surface area contributed by atoms with Crippen LogP contribution in [0.4, 0.5) is 0 Å². The van der Waals surface area contributed by atoms with Crippen molar-refractivity contribution in [2.24, 2.45) is 4.99 Å². The zero-order valence-electron chi connectivity index (χ0n) is 20.8. The molecule has 2 aliphatic carbocycles. The zero-order chi connectivity index (χ0) is 24.6. The second-order valence-electron chi connectivity index (χ2n) is 9.29. The maximum absolute atomic E-state index is 13.6. The van der Waals surface area contributed by atoms with Crippen molar-refractivity contribution in [3.63, 3.8) is 0 Å². The van der Waals surface area contributed by atoms with Gasteiger partial charge in [-0.25, -0.2) is 4.79 Å². The fraction of sp³-hybridized carbons (Fsp3) is 0.593. The number of rotatable bonds is 8. The molecule has 1 heterocycles. The highest BCUT2D eigenvalue weighted by molar-refractivity contribution is 8.18. The summed E-state index contributed by atoms with van der Waals surface area (Å²) < 4.78 is 16.0. The monoisotopic (exact) mass is 500 g/mol. The van der Waals surface area contributed by atoms with Crippen LogP contribution in [0.15, 0.2) is 28.1 Å². The van der Waals surface area contributed by atoms with Crippen molar-refractivity contribution in [1.29, 1.82) is 0 Å². The number of thioether (sulfide) groups is 1. The lowest BCUT2D eigenvalue weighted by Crippen LogP contribution is -2.41. The van der Waals surface area contributed by atoms with E-state index < -0.39 is 5.97 Å². The molecular weight excluding hydrogens is 464 g/mol. The minimum Gasteiger partial charge on any atom is -0.490 e. The van der Waals surface area contributed by atoms with Gasteiger partial charge >= 0.3 is 5.97 Å². The number of carbonyl (C=O) groups excluding carboxylic acids is 2. The fourth-order valence-corrected chi connectivity index (χ4v) is 6.06. The number of esters is 1. The van der Waals surface area contributed by atoms with Crippen LogP contribution in [-0.2, 0) is 14.3 Å². The van der Waals surface area contributed by atoms with Crippen molar-refractivity contribution in [2.75, 3.05) is 20.3 Å². The van der Waals surface area contributed by atoms with Crippen LogP contribution in [0.25, 0.3) is 6.08 Å². The van der Waals surface area contributed by atoms with E-state index in [9.17, 15) is 9.59 Å². The van der Waals surface area contributed by atoms with Gasteiger partial charge in [0.1, 0.15) is 0 Å². The maximum atomic E-state index is 13.6. The Morgan fingerprint density at radius 3 is 2.46 bits per heavy atom. The normalized spacial score (nSPS) is 22.1. The molecule has 3 aliphatic rings. The van der Waals surface area contributed by atoms with E-state index in [4.69, 9.17) is 14.5 Å². The van der Waals surface area contributed by atoms with Crippen LogP contribution in [0, 0.1) is 0 Å². The lowest BCUT2D eigenvalue weighted by molar-refractivity contribution is -0.143. The number of hydrogen-bond acceptors (Lipinski definition) is 7. The molecule has 0 spiro atoms. The molecule has 0 aromatic heterocycles. The van der Waals surface area contributed by atoms with Crippen molar-refractivity contribution >= 4 is 34.9 Å². The van der Waals surface area contributed by atoms with Gasteiger partial charge in [0.15, 0.2) is 23.3 Å². The molecule has 4 rings (SSSR count). The Hall–Kier alpha value is -2.48. The molecule has 2 saturated carbocycles. The molecule has 1 aromatic carbocycles. The molecule has 1 saturated heterocycles. The first-order chi connectivity index (χ1) is 17.1. The fourth-order valence-electron chi connectivity index (χ4n) is 4.95. The van der Waals surface area contributed by atoms with Crippen LogP contribution in [0.1, 0.15) is 76.7 Å². The van der Waals surface area contributed by atoms with Gasteiger partial charge < -0.3 is 14.2 Å². The van der Waals surface area contributed by atoms with Crippen LogP contribution < -0.4 is 9.47 Å². The number of amides is 1. The molecular formula is C27H36N2O5S. The lowest BCUT2D eigenvalue weighted by atomic mass is 9.94. The highest BCUT2D eigenvalue weighted by Gasteiger charge is 2.39. The molecule has 3 fully saturated rings. The molecule has 0 atom stereocenters. The van der Waals surface area contributed by atoms with Crippen LogP contribution >= 0.6 is 11.8 Å². The van der Waals surface area contributed by atoms with Gasteiger partial charge in [-0.3, -0.25) is 14.7 Å². The Bertz CT molecular complexity index is 964. The predicted molar refractivity (Wildman–Crippen MR) is 139 cm³/mol. The lowest BCUT2D eigenvalue weighted by Gasteiger charge is -2.31. The highest BCUT2D eigenvalue weighted by Crippen LogP contribution is 2.39. The van der Waals surface area contributed by atoms with Gasteiger partial charge in [0.05, 0.1) is 24.7 Å². The van der Waals surface area contributed by atoms with Crippen molar-refractivity contribution in [2.45, 2.75) is 83.2 Å². The molecule has 0 bridgehead atoms. The standard InChI is InChI=1S/C27H36N2O5S/c1-3-33-23-16-19(14-15-22(23)34-18-25(30)32-2)17-24-26(31)29(21-12-8-5-9-13-21)27(35-24)28-20-10-6-4-7-11-20/h14-17,20-21H,3-13,18H2,1-2H3. The highest BCUT2D eigenvalue weighted by atomic mass is 32.2. The number of amidine groups is 1. The molecule has 0 radical (unpaired) electrons. The first kappa shape index (κ1) is 25.6. The Labute approximate surface area is 212 Å². The smallest absolute Gasteiger partial charge is 0.343 e. The molecule has 0 N–H and O–H groups in total. The first-order valence-electron chi connectivity index (χ1n) is 12.9. The molecule has 1 amide bonds. The second kappa shape index (κ2) is 12.5. The second-order valence-corrected chi connectivity index (χ2v) is 10.3. The number of ether oxygens (including phenoxy) is 3. The van der Waals surface area contributed by atoms with E-state index in [-0.39, 0.29) is 18.6 Å². The summed E-state index contributed by atoms with van der Waals surface area (Å²) in [7, 11) is 1.32. The van der Waals surface area contributed by atoms with Gasteiger partial charge in [-0.15, -0.1) is 0 Å². The predicted octanol–water partition coefficient (Wildman–Crippen LogP) is 5.57. The van der Waals surface area contributed by atoms with Crippen molar-refractivity contribution < 1.29 is 23.8 Å². The average Bonchev–Trinajstić information content (AvgIpc) is 3.18. The van der Waals surface area contributed by atoms with Gasteiger partial charge in [-0.1, -0.05) is 44.6 Å². The Morgan fingerprint density at radius 1 is 1.06 bits per heavy atom. The quantitative estimate of drug-likeness (QED) is 0.343. The summed E-state index contributed by atoms with van der Waals surface area (Å²) in [5, 5.41) is 0.878. The van der Waals surface area contributed by atoms with E-state index in [1.54, 1.807) is 6.07 Å². The summed E-state index contributed by atoms with van der Waals surface area (Å²) in [6.07, 6.45) is 13.5. The first-order valence-corrected chi connectivity index (χ1v) is 13.7. The summed E-state index contributed by atoms with van der Waals surface area (Å²) in [6, 6.07) is 6.04. The van der Waals surface area contributed by atoms with Gasteiger partial charge in [-0.2, -0.15) is 0 Å². The minimum absolute atomic E-state index is 0.0560. The molecule has 1 aromatic rings.